The molecule has 5 N–H and O–H groups in total. The first-order chi connectivity index (χ1) is 5.22. The molecule has 0 saturated carbocycles. The molecule has 0 amide bonds. The Morgan fingerprint density at radius 1 is 1.64 bits per heavy atom. The maximum atomic E-state index is 9.08. The average Bonchev–Trinajstić information content (AvgIpc) is 1.97. The summed E-state index contributed by atoms with van der Waals surface area (Å²) in [6, 6.07) is 0. The first-order valence-electron chi connectivity index (χ1n) is 3.71. The molecular weight excluding hydrogens is 146 g/mol. The van der Waals surface area contributed by atoms with E-state index in [1.807, 2.05) is 0 Å². The van der Waals surface area contributed by atoms with Gasteiger partial charge in [-0.15, -0.1) is 0 Å². The molecule has 0 bridgehead atoms. The third-order valence-corrected chi connectivity index (χ3v) is 1.25. The molecule has 5 heteroatoms. The lowest BCUT2D eigenvalue weighted by atomic mass is 10.5. The van der Waals surface area contributed by atoms with Crippen LogP contribution in [0.2, 0.25) is 0 Å². The second-order valence-corrected chi connectivity index (χ2v) is 2.25. The van der Waals surface area contributed by atoms with Gasteiger partial charge >= 0.3 is 0 Å². The van der Waals surface area contributed by atoms with Crippen molar-refractivity contribution in [3.8, 4) is 0 Å². The first kappa shape index (κ1) is 10.8. The Labute approximate surface area is 66.8 Å². The van der Waals surface area contributed by atoms with Gasteiger partial charge in [0.05, 0.1) is 6.61 Å². The predicted molar refractivity (Wildman–Crippen MR) is 42.5 cm³/mol. The summed E-state index contributed by atoms with van der Waals surface area (Å²) in [7, 11) is 0. The van der Waals surface area contributed by atoms with Crippen LogP contribution in [0.1, 0.15) is 6.92 Å². The van der Waals surface area contributed by atoms with Crippen LogP contribution in [-0.4, -0.2) is 47.7 Å². The minimum absolute atomic E-state index is 0.0163. The van der Waals surface area contributed by atoms with Crippen LogP contribution in [0.15, 0.2) is 0 Å². The Hall–Kier alpha value is -0.200. The zero-order chi connectivity index (χ0) is 8.69. The van der Waals surface area contributed by atoms with E-state index in [1.165, 1.54) is 5.01 Å². The topological polar surface area (TPSA) is 81.8 Å². The number of aliphatic hydroxyl groups excluding tert-OH is 2. The summed E-state index contributed by atoms with van der Waals surface area (Å²) in [5, 5.41) is 19.2. The van der Waals surface area contributed by atoms with Gasteiger partial charge in [0.1, 0.15) is 6.23 Å². The van der Waals surface area contributed by atoms with Crippen LogP contribution in [0.4, 0.5) is 0 Å². The zero-order valence-corrected chi connectivity index (χ0v) is 6.82. The summed E-state index contributed by atoms with van der Waals surface area (Å²) in [5.74, 6) is 0. The van der Waals surface area contributed by atoms with E-state index < -0.39 is 6.23 Å². The lowest BCUT2D eigenvalue weighted by molar-refractivity contribution is -0.0269. The number of rotatable bonds is 6. The van der Waals surface area contributed by atoms with Crippen molar-refractivity contribution < 1.29 is 10.2 Å². The highest BCUT2D eigenvalue weighted by Gasteiger charge is 2.07. The molecule has 0 radical (unpaired) electrons. The fourth-order valence-electron chi connectivity index (χ4n) is 0.714. The molecule has 5 nitrogen and oxygen atoms in total. The summed E-state index contributed by atoms with van der Waals surface area (Å²) in [5.41, 5.74) is 8.11. The third-order valence-electron chi connectivity index (χ3n) is 1.25. The molecule has 0 aliphatic heterocycles. The standard InChI is InChI=1S/C6H17N3O2/c1-6(11)9(4-5-10)8-3-2-7/h6,8,10-11H,2-5,7H2,1H3. The predicted octanol–water partition coefficient (Wildman–Crippen LogP) is -1.92. The van der Waals surface area contributed by atoms with Gasteiger partial charge in [0, 0.05) is 19.6 Å². The molecule has 0 aromatic heterocycles. The van der Waals surface area contributed by atoms with E-state index in [0.29, 0.717) is 19.6 Å². The van der Waals surface area contributed by atoms with Crippen molar-refractivity contribution in [1.29, 1.82) is 0 Å². The van der Waals surface area contributed by atoms with Gasteiger partial charge in [0.25, 0.3) is 0 Å². The van der Waals surface area contributed by atoms with Crippen LogP contribution >= 0.6 is 0 Å². The number of nitrogens with one attached hydrogen (secondary N) is 1. The van der Waals surface area contributed by atoms with E-state index in [9.17, 15) is 0 Å². The number of aliphatic hydroxyl groups is 2. The molecule has 0 aliphatic rings. The third kappa shape index (κ3) is 5.11. The Kier molecular flexibility index (Phi) is 6.39. The molecule has 0 aromatic carbocycles. The highest BCUT2D eigenvalue weighted by Crippen LogP contribution is 1.87. The molecule has 0 heterocycles. The van der Waals surface area contributed by atoms with Crippen molar-refractivity contribution in [3.63, 3.8) is 0 Å². The smallest absolute Gasteiger partial charge is 0.117 e. The van der Waals surface area contributed by atoms with E-state index >= 15 is 0 Å². The molecule has 0 fully saturated rings. The minimum atomic E-state index is -0.603. The Morgan fingerprint density at radius 2 is 2.27 bits per heavy atom. The summed E-state index contributed by atoms with van der Waals surface area (Å²) in [6.07, 6.45) is -0.603. The molecule has 11 heavy (non-hydrogen) atoms. The van der Waals surface area contributed by atoms with Crippen LogP contribution in [0.5, 0.6) is 0 Å². The van der Waals surface area contributed by atoms with Crippen LogP contribution in [0, 0.1) is 0 Å². The van der Waals surface area contributed by atoms with Gasteiger partial charge in [-0.2, -0.15) is 0 Å². The van der Waals surface area contributed by atoms with Crippen molar-refractivity contribution in [2.75, 3.05) is 26.2 Å². The van der Waals surface area contributed by atoms with Gasteiger partial charge in [0.15, 0.2) is 0 Å². The zero-order valence-electron chi connectivity index (χ0n) is 6.82. The highest BCUT2D eigenvalue weighted by molar-refractivity contribution is 4.51. The second-order valence-electron chi connectivity index (χ2n) is 2.25. The van der Waals surface area contributed by atoms with Gasteiger partial charge in [-0.3, -0.25) is 5.43 Å². The molecule has 0 aromatic rings. The van der Waals surface area contributed by atoms with Gasteiger partial charge in [-0.1, -0.05) is 0 Å². The Morgan fingerprint density at radius 3 is 2.64 bits per heavy atom. The number of hydrazine groups is 1. The van der Waals surface area contributed by atoms with Crippen LogP contribution < -0.4 is 11.2 Å². The molecule has 1 unspecified atom stereocenters. The molecule has 0 saturated heterocycles. The van der Waals surface area contributed by atoms with Crippen molar-refractivity contribution in [2.24, 2.45) is 5.73 Å². The highest BCUT2D eigenvalue weighted by atomic mass is 16.3. The van der Waals surface area contributed by atoms with Crippen molar-refractivity contribution in [2.45, 2.75) is 13.2 Å². The summed E-state index contributed by atoms with van der Waals surface area (Å²) >= 11 is 0. The van der Waals surface area contributed by atoms with Crippen molar-refractivity contribution in [3.05, 3.63) is 0 Å². The summed E-state index contributed by atoms with van der Waals surface area (Å²) < 4.78 is 0. The lowest BCUT2D eigenvalue weighted by Gasteiger charge is -2.24. The maximum Gasteiger partial charge on any atom is 0.117 e. The molecule has 0 rings (SSSR count). The van der Waals surface area contributed by atoms with Gasteiger partial charge in [-0.05, 0) is 6.92 Å². The van der Waals surface area contributed by atoms with E-state index in [-0.39, 0.29) is 6.61 Å². The molecular formula is C6H17N3O2. The SMILES string of the molecule is CC(O)N(CCO)NCCN. The Bertz CT molecular complexity index is 89.9. The van der Waals surface area contributed by atoms with E-state index in [0.717, 1.165) is 0 Å². The Balaban J connectivity index is 3.51. The number of hydrogen-bond acceptors (Lipinski definition) is 5. The molecule has 68 valence electrons. The minimum Gasteiger partial charge on any atom is -0.395 e. The largest absolute Gasteiger partial charge is 0.395 e. The van der Waals surface area contributed by atoms with Gasteiger partial charge < -0.3 is 15.9 Å². The normalized spacial score (nSPS) is 13.9. The van der Waals surface area contributed by atoms with E-state index in [1.54, 1.807) is 6.92 Å². The first-order valence-corrected chi connectivity index (χ1v) is 3.71. The quantitative estimate of drug-likeness (QED) is 0.271. The molecule has 0 spiro atoms. The van der Waals surface area contributed by atoms with E-state index in [4.69, 9.17) is 15.9 Å². The van der Waals surface area contributed by atoms with Crippen molar-refractivity contribution in [1.82, 2.24) is 10.4 Å². The second kappa shape index (κ2) is 6.51. The van der Waals surface area contributed by atoms with Gasteiger partial charge in [0.2, 0.25) is 0 Å². The monoisotopic (exact) mass is 163 g/mol. The number of hydrogen-bond donors (Lipinski definition) is 4. The van der Waals surface area contributed by atoms with Crippen LogP contribution in [0.25, 0.3) is 0 Å². The average molecular weight is 163 g/mol. The number of nitrogens with zero attached hydrogens (tertiary/aromatic N) is 1. The lowest BCUT2D eigenvalue weighted by Crippen LogP contribution is -2.47. The number of nitrogens with two attached hydrogens (primary N) is 1. The van der Waals surface area contributed by atoms with Gasteiger partial charge in [-0.25, -0.2) is 5.01 Å². The van der Waals surface area contributed by atoms with E-state index in [2.05, 4.69) is 5.43 Å². The summed E-state index contributed by atoms with van der Waals surface area (Å²) in [6.45, 7) is 3.15. The summed E-state index contributed by atoms with van der Waals surface area (Å²) in [4.78, 5) is 0. The van der Waals surface area contributed by atoms with Crippen molar-refractivity contribution >= 4 is 0 Å². The fourth-order valence-corrected chi connectivity index (χ4v) is 0.714. The van der Waals surface area contributed by atoms with Crippen LogP contribution in [-0.2, 0) is 0 Å². The molecule has 0 aliphatic carbocycles. The maximum absolute atomic E-state index is 9.08. The fraction of sp³-hybridized carbons (Fsp3) is 1.00. The van der Waals surface area contributed by atoms with Crippen LogP contribution in [0.3, 0.4) is 0 Å². The molecule has 1 atom stereocenters.